The van der Waals surface area contributed by atoms with Gasteiger partial charge in [-0.3, -0.25) is 4.68 Å². The smallest absolute Gasteiger partial charge is 0.123 e. The molecule has 0 aromatic carbocycles. The van der Waals surface area contributed by atoms with Gasteiger partial charge in [0.05, 0.1) is 11.7 Å². The van der Waals surface area contributed by atoms with Crippen LogP contribution in [0, 0.1) is 0 Å². The highest BCUT2D eigenvalue weighted by Gasteiger charge is 2.15. The van der Waals surface area contributed by atoms with Crippen molar-refractivity contribution in [1.29, 1.82) is 0 Å². The fourth-order valence-electron chi connectivity index (χ4n) is 2.14. The van der Waals surface area contributed by atoms with Crippen LogP contribution in [0.25, 0.3) is 0 Å². The molecule has 5 heteroatoms. The molecule has 0 radical (unpaired) electrons. The average molecular weight is 247 g/mol. The van der Waals surface area contributed by atoms with Gasteiger partial charge in [-0.05, 0) is 26.5 Å². The lowest BCUT2D eigenvalue weighted by atomic mass is 10.1. The van der Waals surface area contributed by atoms with Gasteiger partial charge in [0.25, 0.3) is 0 Å². The van der Waals surface area contributed by atoms with E-state index in [1.807, 2.05) is 13.2 Å². The summed E-state index contributed by atoms with van der Waals surface area (Å²) in [6.07, 6.45) is 5.51. The van der Waals surface area contributed by atoms with Gasteiger partial charge in [0.1, 0.15) is 5.82 Å². The van der Waals surface area contributed by atoms with Gasteiger partial charge in [-0.2, -0.15) is 5.10 Å². The number of nitrogens with zero attached hydrogens (tertiary/aromatic N) is 3. The SMILES string of the molecule is CCc1cc(CC(NC)c2ncc[nH]2)n(CC)n1. The second-order valence-electron chi connectivity index (χ2n) is 4.32. The number of rotatable bonds is 6. The fourth-order valence-corrected chi connectivity index (χ4v) is 2.14. The maximum atomic E-state index is 4.57. The van der Waals surface area contributed by atoms with E-state index in [4.69, 9.17) is 0 Å². The number of aromatic nitrogens is 4. The Bertz CT molecular complexity index is 472. The molecule has 0 fully saturated rings. The molecule has 0 saturated heterocycles. The Hall–Kier alpha value is -1.62. The van der Waals surface area contributed by atoms with Gasteiger partial charge < -0.3 is 10.3 Å². The van der Waals surface area contributed by atoms with Crippen LogP contribution in [0.2, 0.25) is 0 Å². The topological polar surface area (TPSA) is 58.5 Å². The number of hydrogen-bond acceptors (Lipinski definition) is 3. The predicted molar refractivity (Wildman–Crippen MR) is 71.4 cm³/mol. The maximum absolute atomic E-state index is 4.57. The van der Waals surface area contributed by atoms with Crippen LogP contribution in [-0.2, 0) is 19.4 Å². The normalized spacial score (nSPS) is 12.8. The van der Waals surface area contributed by atoms with Crippen molar-refractivity contribution in [2.45, 2.75) is 39.3 Å². The van der Waals surface area contributed by atoms with Crippen molar-refractivity contribution in [3.05, 3.63) is 35.7 Å². The number of nitrogens with one attached hydrogen (secondary N) is 2. The Labute approximate surface area is 108 Å². The highest BCUT2D eigenvalue weighted by atomic mass is 15.3. The lowest BCUT2D eigenvalue weighted by Crippen LogP contribution is -2.21. The van der Waals surface area contributed by atoms with Crippen LogP contribution in [-0.4, -0.2) is 26.8 Å². The Morgan fingerprint density at radius 3 is 2.83 bits per heavy atom. The molecule has 0 aliphatic heterocycles. The van der Waals surface area contributed by atoms with Gasteiger partial charge in [-0.25, -0.2) is 4.98 Å². The van der Waals surface area contributed by atoms with E-state index in [1.54, 1.807) is 6.20 Å². The zero-order valence-corrected chi connectivity index (χ0v) is 11.3. The van der Waals surface area contributed by atoms with Gasteiger partial charge in [0.15, 0.2) is 0 Å². The molecule has 2 N–H and O–H groups in total. The largest absolute Gasteiger partial charge is 0.347 e. The molecule has 0 saturated carbocycles. The van der Waals surface area contributed by atoms with Crippen LogP contribution in [0.1, 0.15) is 37.1 Å². The Morgan fingerprint density at radius 2 is 2.28 bits per heavy atom. The molecule has 2 aromatic heterocycles. The fraction of sp³-hybridized carbons (Fsp3) is 0.538. The van der Waals surface area contributed by atoms with Crippen molar-refractivity contribution in [1.82, 2.24) is 25.1 Å². The molecular weight excluding hydrogens is 226 g/mol. The highest BCUT2D eigenvalue weighted by molar-refractivity contribution is 5.13. The summed E-state index contributed by atoms with van der Waals surface area (Å²) in [6, 6.07) is 2.39. The molecule has 5 nitrogen and oxygen atoms in total. The van der Waals surface area contributed by atoms with E-state index in [-0.39, 0.29) is 6.04 Å². The van der Waals surface area contributed by atoms with Crippen LogP contribution < -0.4 is 5.32 Å². The second-order valence-corrected chi connectivity index (χ2v) is 4.32. The zero-order chi connectivity index (χ0) is 13.0. The minimum absolute atomic E-state index is 0.201. The summed E-state index contributed by atoms with van der Waals surface area (Å²) in [7, 11) is 1.96. The third-order valence-electron chi connectivity index (χ3n) is 3.19. The first kappa shape index (κ1) is 12.8. The molecule has 0 aliphatic carbocycles. The average Bonchev–Trinajstić information content (AvgIpc) is 3.04. The molecular formula is C13H21N5. The molecule has 1 atom stereocenters. The monoisotopic (exact) mass is 247 g/mol. The van der Waals surface area contributed by atoms with Gasteiger partial charge in [0.2, 0.25) is 0 Å². The van der Waals surface area contributed by atoms with Gasteiger partial charge >= 0.3 is 0 Å². The summed E-state index contributed by atoms with van der Waals surface area (Å²) >= 11 is 0. The number of aryl methyl sites for hydroxylation is 2. The Morgan fingerprint density at radius 1 is 1.44 bits per heavy atom. The molecule has 1 unspecified atom stereocenters. The zero-order valence-electron chi connectivity index (χ0n) is 11.3. The van der Waals surface area contributed by atoms with Gasteiger partial charge in [0, 0.05) is 31.1 Å². The van der Waals surface area contributed by atoms with Crippen LogP contribution in [0.15, 0.2) is 18.5 Å². The third kappa shape index (κ3) is 2.61. The van der Waals surface area contributed by atoms with E-state index in [2.05, 4.69) is 45.0 Å². The molecule has 0 spiro atoms. The minimum Gasteiger partial charge on any atom is -0.347 e. The first-order valence-corrected chi connectivity index (χ1v) is 6.50. The Kier molecular flexibility index (Phi) is 4.15. The van der Waals surface area contributed by atoms with Crippen molar-refractivity contribution < 1.29 is 0 Å². The summed E-state index contributed by atoms with van der Waals surface area (Å²) < 4.78 is 2.08. The van der Waals surface area contributed by atoms with E-state index in [0.717, 1.165) is 30.9 Å². The Balaban J connectivity index is 2.19. The van der Waals surface area contributed by atoms with E-state index in [9.17, 15) is 0 Å². The van der Waals surface area contributed by atoms with E-state index in [0.29, 0.717) is 0 Å². The maximum Gasteiger partial charge on any atom is 0.123 e. The van der Waals surface area contributed by atoms with E-state index in [1.165, 1.54) is 5.69 Å². The lowest BCUT2D eigenvalue weighted by molar-refractivity contribution is 0.523. The minimum atomic E-state index is 0.201. The number of imidazole rings is 1. The first-order valence-electron chi connectivity index (χ1n) is 6.50. The van der Waals surface area contributed by atoms with Crippen molar-refractivity contribution >= 4 is 0 Å². The van der Waals surface area contributed by atoms with Crippen molar-refractivity contribution in [2.24, 2.45) is 0 Å². The van der Waals surface area contributed by atoms with Gasteiger partial charge in [-0.15, -0.1) is 0 Å². The quantitative estimate of drug-likeness (QED) is 0.816. The van der Waals surface area contributed by atoms with Crippen molar-refractivity contribution in [3.63, 3.8) is 0 Å². The van der Waals surface area contributed by atoms with E-state index < -0.39 is 0 Å². The summed E-state index contributed by atoms with van der Waals surface area (Å²) in [5, 5.41) is 7.87. The van der Waals surface area contributed by atoms with Gasteiger partial charge in [-0.1, -0.05) is 6.92 Å². The van der Waals surface area contributed by atoms with Crippen LogP contribution in [0.3, 0.4) is 0 Å². The summed E-state index contributed by atoms with van der Waals surface area (Å²) in [4.78, 5) is 7.48. The molecule has 0 aliphatic rings. The molecule has 0 bridgehead atoms. The molecule has 2 heterocycles. The van der Waals surface area contributed by atoms with Crippen LogP contribution >= 0.6 is 0 Å². The number of aromatic amines is 1. The van der Waals surface area contributed by atoms with Crippen molar-refractivity contribution in [2.75, 3.05) is 7.05 Å². The summed E-state index contributed by atoms with van der Waals surface area (Å²) in [6.45, 7) is 5.16. The molecule has 18 heavy (non-hydrogen) atoms. The molecule has 98 valence electrons. The predicted octanol–water partition coefficient (Wildman–Crippen LogP) is 1.69. The second kappa shape index (κ2) is 5.82. The standard InChI is InChI=1S/C13H21N5/c1-4-10-8-11(18(5-2)17-10)9-12(14-3)13-15-6-7-16-13/h6-8,12,14H,4-5,9H2,1-3H3,(H,15,16). The van der Waals surface area contributed by atoms with Crippen LogP contribution in [0.4, 0.5) is 0 Å². The summed E-state index contributed by atoms with van der Waals surface area (Å²) in [5.74, 6) is 0.972. The molecule has 2 aromatic rings. The molecule has 0 amide bonds. The number of H-pyrrole nitrogens is 1. The van der Waals surface area contributed by atoms with Crippen molar-refractivity contribution in [3.8, 4) is 0 Å². The van der Waals surface area contributed by atoms with E-state index >= 15 is 0 Å². The summed E-state index contributed by atoms with van der Waals surface area (Å²) in [5.41, 5.74) is 2.41. The first-order chi connectivity index (χ1) is 8.78. The van der Waals surface area contributed by atoms with Crippen LogP contribution in [0.5, 0.6) is 0 Å². The number of likely N-dealkylation sites (N-methyl/N-ethyl adjacent to an activating group) is 1. The number of hydrogen-bond donors (Lipinski definition) is 2. The third-order valence-corrected chi connectivity index (χ3v) is 3.19. The molecule has 2 rings (SSSR count). The lowest BCUT2D eigenvalue weighted by Gasteiger charge is -2.14. The highest BCUT2D eigenvalue weighted by Crippen LogP contribution is 2.16.